The maximum atomic E-state index is 13.4. The van der Waals surface area contributed by atoms with Gasteiger partial charge in [-0.25, -0.2) is 9.18 Å². The van der Waals surface area contributed by atoms with Crippen LogP contribution in [-0.4, -0.2) is 22.1 Å². The van der Waals surface area contributed by atoms with Gasteiger partial charge in [0, 0.05) is 29.1 Å². The molecule has 5 rings (SSSR count). The third-order valence-electron chi connectivity index (χ3n) is 4.78. The van der Waals surface area contributed by atoms with E-state index in [1.165, 1.54) is 30.3 Å². The van der Waals surface area contributed by atoms with Crippen molar-refractivity contribution >= 4 is 11.7 Å². The molecule has 0 saturated heterocycles. The molecule has 160 valence electrons. The molecule has 6 nitrogen and oxygen atoms in total. The van der Waals surface area contributed by atoms with Crippen molar-refractivity contribution in [3.63, 3.8) is 0 Å². The highest BCUT2D eigenvalue weighted by Gasteiger charge is 2.43. The number of nitrogens with zero attached hydrogens (tertiary/aromatic N) is 2. The van der Waals surface area contributed by atoms with Crippen LogP contribution in [-0.2, 0) is 0 Å². The third kappa shape index (κ3) is 3.76. The zero-order chi connectivity index (χ0) is 22.3. The summed E-state index contributed by atoms with van der Waals surface area (Å²) >= 11 is 0. The fourth-order valence-corrected chi connectivity index (χ4v) is 3.34. The number of carbonyl (C=O) groups excluding carboxylic acids is 1. The molecular weight excluding hydrogens is 423 g/mol. The van der Waals surface area contributed by atoms with Crippen molar-refractivity contribution in [2.75, 3.05) is 5.32 Å². The summed E-state index contributed by atoms with van der Waals surface area (Å²) in [5.41, 5.74) is 2.81. The summed E-state index contributed by atoms with van der Waals surface area (Å²) in [7, 11) is 0. The SMILES string of the molecule is O=C(Nc1ccc2c(c1)OC(F)(F)O2)n1cc(-c2ccccc2)c(-c2ccc(F)cc2)n1. The average Bonchev–Trinajstić information content (AvgIpc) is 3.35. The van der Waals surface area contributed by atoms with Crippen molar-refractivity contribution in [1.82, 2.24) is 9.78 Å². The summed E-state index contributed by atoms with van der Waals surface area (Å²) in [6.45, 7) is 0. The van der Waals surface area contributed by atoms with Gasteiger partial charge in [0.2, 0.25) is 0 Å². The van der Waals surface area contributed by atoms with Crippen LogP contribution in [0.5, 0.6) is 11.5 Å². The van der Waals surface area contributed by atoms with Crippen molar-refractivity contribution < 1.29 is 27.4 Å². The largest absolute Gasteiger partial charge is 0.586 e. The molecule has 4 aromatic rings. The zero-order valence-electron chi connectivity index (χ0n) is 16.3. The summed E-state index contributed by atoms with van der Waals surface area (Å²) in [6.07, 6.45) is -2.20. The zero-order valence-corrected chi connectivity index (χ0v) is 16.3. The normalized spacial score (nSPS) is 13.7. The fourth-order valence-electron chi connectivity index (χ4n) is 3.34. The highest BCUT2D eigenvalue weighted by atomic mass is 19.3. The Bertz CT molecular complexity index is 1310. The molecular formula is C23H14F3N3O3. The van der Waals surface area contributed by atoms with E-state index in [2.05, 4.69) is 19.9 Å². The molecule has 0 fully saturated rings. The molecule has 2 heterocycles. The van der Waals surface area contributed by atoms with Gasteiger partial charge in [0.15, 0.2) is 11.5 Å². The van der Waals surface area contributed by atoms with Crippen LogP contribution in [0.25, 0.3) is 22.4 Å². The number of alkyl halides is 2. The Morgan fingerprint density at radius 1 is 0.906 bits per heavy atom. The lowest BCUT2D eigenvalue weighted by molar-refractivity contribution is -0.286. The molecule has 0 radical (unpaired) electrons. The molecule has 0 aliphatic carbocycles. The van der Waals surface area contributed by atoms with Crippen LogP contribution in [0.3, 0.4) is 0 Å². The number of aromatic nitrogens is 2. The molecule has 0 bridgehead atoms. The number of hydrogen-bond acceptors (Lipinski definition) is 4. The summed E-state index contributed by atoms with van der Waals surface area (Å²) in [4.78, 5) is 12.8. The second-order valence-electron chi connectivity index (χ2n) is 6.97. The van der Waals surface area contributed by atoms with E-state index in [-0.39, 0.29) is 23.0 Å². The van der Waals surface area contributed by atoms with E-state index < -0.39 is 12.3 Å². The van der Waals surface area contributed by atoms with Gasteiger partial charge in [0.25, 0.3) is 0 Å². The van der Waals surface area contributed by atoms with Crippen molar-refractivity contribution in [3.8, 4) is 33.9 Å². The molecule has 1 aromatic heterocycles. The monoisotopic (exact) mass is 437 g/mol. The number of amides is 1. The smallest absolute Gasteiger partial charge is 0.395 e. The molecule has 32 heavy (non-hydrogen) atoms. The number of halogens is 3. The molecule has 0 atom stereocenters. The fraction of sp³-hybridized carbons (Fsp3) is 0.0435. The number of fused-ring (bicyclic) bond motifs is 1. The Labute approximate surface area is 179 Å². The van der Waals surface area contributed by atoms with E-state index in [4.69, 9.17) is 0 Å². The van der Waals surface area contributed by atoms with Crippen molar-refractivity contribution in [1.29, 1.82) is 0 Å². The average molecular weight is 437 g/mol. The van der Waals surface area contributed by atoms with Gasteiger partial charge < -0.3 is 14.8 Å². The molecule has 3 aromatic carbocycles. The number of ether oxygens (including phenoxy) is 2. The van der Waals surface area contributed by atoms with Gasteiger partial charge in [0.1, 0.15) is 11.5 Å². The van der Waals surface area contributed by atoms with Gasteiger partial charge in [-0.1, -0.05) is 30.3 Å². The van der Waals surface area contributed by atoms with Crippen molar-refractivity contribution in [2.45, 2.75) is 6.29 Å². The van der Waals surface area contributed by atoms with Gasteiger partial charge in [-0.2, -0.15) is 9.78 Å². The lowest BCUT2D eigenvalue weighted by Crippen LogP contribution is -2.25. The lowest BCUT2D eigenvalue weighted by Gasteiger charge is -2.05. The maximum absolute atomic E-state index is 13.4. The minimum atomic E-state index is -3.75. The Balaban J connectivity index is 1.47. The second-order valence-corrected chi connectivity index (χ2v) is 6.97. The van der Waals surface area contributed by atoms with Crippen molar-refractivity contribution in [3.05, 3.63) is 84.8 Å². The second kappa shape index (κ2) is 7.45. The molecule has 1 aliphatic rings. The van der Waals surface area contributed by atoms with Crippen LogP contribution < -0.4 is 14.8 Å². The van der Waals surface area contributed by atoms with Gasteiger partial charge in [-0.3, -0.25) is 0 Å². The van der Waals surface area contributed by atoms with Crippen LogP contribution in [0.15, 0.2) is 79.0 Å². The predicted octanol–water partition coefficient (Wildman–Crippen LogP) is 5.76. The van der Waals surface area contributed by atoms with E-state index in [1.807, 2.05) is 30.3 Å². The third-order valence-corrected chi connectivity index (χ3v) is 4.78. The van der Waals surface area contributed by atoms with E-state index in [0.29, 0.717) is 16.8 Å². The van der Waals surface area contributed by atoms with Crippen LogP contribution in [0, 0.1) is 5.82 Å². The first kappa shape index (κ1) is 19.7. The molecule has 1 N–H and O–H groups in total. The number of rotatable bonds is 3. The topological polar surface area (TPSA) is 65.4 Å². The van der Waals surface area contributed by atoms with Gasteiger partial charge in [0.05, 0.1) is 0 Å². The Morgan fingerprint density at radius 2 is 1.62 bits per heavy atom. The molecule has 0 spiro atoms. The number of carbonyl (C=O) groups is 1. The van der Waals surface area contributed by atoms with Gasteiger partial charge >= 0.3 is 12.3 Å². The van der Waals surface area contributed by atoms with E-state index in [0.717, 1.165) is 10.2 Å². The van der Waals surface area contributed by atoms with Crippen LogP contribution in [0.1, 0.15) is 0 Å². The highest BCUT2D eigenvalue weighted by Crippen LogP contribution is 2.42. The van der Waals surface area contributed by atoms with Crippen LogP contribution in [0.2, 0.25) is 0 Å². The van der Waals surface area contributed by atoms with E-state index in [1.54, 1.807) is 18.3 Å². The number of benzene rings is 3. The van der Waals surface area contributed by atoms with Crippen LogP contribution >= 0.6 is 0 Å². The number of nitrogens with one attached hydrogen (secondary N) is 1. The minimum absolute atomic E-state index is 0.128. The molecule has 9 heteroatoms. The first-order valence-electron chi connectivity index (χ1n) is 9.50. The summed E-state index contributed by atoms with van der Waals surface area (Å²) in [5, 5.41) is 6.97. The van der Waals surface area contributed by atoms with Crippen molar-refractivity contribution in [2.24, 2.45) is 0 Å². The maximum Gasteiger partial charge on any atom is 0.586 e. The lowest BCUT2D eigenvalue weighted by atomic mass is 10.0. The molecule has 1 amide bonds. The number of anilines is 1. The van der Waals surface area contributed by atoms with Gasteiger partial charge in [-0.15, -0.1) is 8.78 Å². The quantitative estimate of drug-likeness (QED) is 0.443. The van der Waals surface area contributed by atoms with Gasteiger partial charge in [-0.05, 0) is 42.0 Å². The first-order valence-corrected chi connectivity index (χ1v) is 9.50. The molecule has 0 saturated carbocycles. The standard InChI is InChI=1S/C23H14F3N3O3/c24-16-8-6-15(7-9-16)21-18(14-4-2-1-3-5-14)13-29(28-21)22(30)27-17-10-11-19-20(12-17)32-23(25,26)31-19/h1-13H,(H,27,30). The minimum Gasteiger partial charge on any atom is -0.395 e. The highest BCUT2D eigenvalue weighted by molar-refractivity contribution is 5.93. The molecule has 0 unspecified atom stereocenters. The number of hydrogen-bond donors (Lipinski definition) is 1. The summed E-state index contributed by atoms with van der Waals surface area (Å²) in [6, 6.07) is 18.4. The Kier molecular flexibility index (Phi) is 4.58. The summed E-state index contributed by atoms with van der Waals surface area (Å²) in [5.74, 6) is -0.706. The predicted molar refractivity (Wildman–Crippen MR) is 110 cm³/mol. The summed E-state index contributed by atoms with van der Waals surface area (Å²) < 4.78 is 49.7. The van der Waals surface area contributed by atoms with E-state index in [9.17, 15) is 18.0 Å². The Morgan fingerprint density at radius 3 is 2.38 bits per heavy atom. The van der Waals surface area contributed by atoms with Crippen LogP contribution in [0.4, 0.5) is 23.7 Å². The first-order chi connectivity index (χ1) is 15.4. The molecule has 1 aliphatic heterocycles. The Hall–Kier alpha value is -4.27. The van der Waals surface area contributed by atoms with E-state index >= 15 is 0 Å².